The summed E-state index contributed by atoms with van der Waals surface area (Å²) in [4.78, 5) is 0. The van der Waals surface area contributed by atoms with Crippen LogP contribution in [-0.4, -0.2) is 12.3 Å². The maximum atomic E-state index is 3.87. The third-order valence-corrected chi connectivity index (χ3v) is 7.61. The van der Waals surface area contributed by atoms with Crippen LogP contribution in [0.3, 0.4) is 0 Å². The zero-order chi connectivity index (χ0) is 14.3. The van der Waals surface area contributed by atoms with Crippen molar-refractivity contribution in [3.8, 4) is 0 Å². The van der Waals surface area contributed by atoms with Crippen molar-refractivity contribution in [2.75, 3.05) is 12.3 Å². The topological polar surface area (TPSA) is 0 Å². The summed E-state index contributed by atoms with van der Waals surface area (Å²) >= 11 is 0. The van der Waals surface area contributed by atoms with E-state index in [1.165, 1.54) is 19.0 Å². The Labute approximate surface area is 156 Å². The average Bonchev–Trinajstić information content (AvgIpc) is 2.15. The molecule has 0 N–H and O–H groups in total. The van der Waals surface area contributed by atoms with Gasteiger partial charge in [0.25, 0.3) is 0 Å². The van der Waals surface area contributed by atoms with E-state index >= 15 is 0 Å². The Hall–Kier alpha value is 2.39. The molecule has 119 valence electrons. The monoisotopic (exact) mass is 402 g/mol. The van der Waals surface area contributed by atoms with E-state index in [4.69, 9.17) is 0 Å². The largest absolute Gasteiger partial charge is 0.339 e. The summed E-state index contributed by atoms with van der Waals surface area (Å²) in [6, 6.07) is 0. The van der Waals surface area contributed by atoms with Gasteiger partial charge in [-0.1, -0.05) is 69.6 Å². The second-order valence-electron chi connectivity index (χ2n) is 5.22. The fourth-order valence-electron chi connectivity index (χ4n) is 0.620. The molecular formula is C15H40P3Y-. The van der Waals surface area contributed by atoms with Crippen LogP contribution in [0, 0.1) is 18.8 Å². The molecule has 4 heteroatoms. The minimum Gasteiger partial charge on any atom is -0.339 e. The van der Waals surface area contributed by atoms with Crippen molar-refractivity contribution in [1.82, 2.24) is 0 Å². The molecule has 0 aliphatic rings. The van der Waals surface area contributed by atoms with E-state index in [0.29, 0.717) is 0 Å². The first-order chi connectivity index (χ1) is 7.81. The third-order valence-electron chi connectivity index (χ3n) is 1.26. The van der Waals surface area contributed by atoms with Gasteiger partial charge in [-0.05, 0) is 24.4 Å². The van der Waals surface area contributed by atoms with Crippen LogP contribution < -0.4 is 0 Å². The summed E-state index contributed by atoms with van der Waals surface area (Å²) in [6.45, 7) is 19.2. The van der Waals surface area contributed by atoms with E-state index in [0.717, 1.165) is 26.3 Å². The molecule has 0 aliphatic carbocycles. The molecule has 0 fully saturated rings. The Morgan fingerprint density at radius 3 is 1.63 bits per heavy atom. The van der Waals surface area contributed by atoms with Gasteiger partial charge in [-0.25, -0.2) is 0 Å². The molecule has 0 aromatic heterocycles. The minimum absolute atomic E-state index is 0. The maximum absolute atomic E-state index is 3.87. The van der Waals surface area contributed by atoms with E-state index in [1.807, 2.05) is 0 Å². The first-order valence-electron chi connectivity index (χ1n) is 6.86. The quantitative estimate of drug-likeness (QED) is 0.331. The van der Waals surface area contributed by atoms with Crippen LogP contribution in [0.4, 0.5) is 0 Å². The zero-order valence-corrected chi connectivity index (χ0v) is 19.7. The summed E-state index contributed by atoms with van der Waals surface area (Å²) in [6.07, 6.45) is 5.20. The first-order valence-corrected chi connectivity index (χ1v) is 12.1. The second-order valence-corrected chi connectivity index (χ2v) is 13.5. The van der Waals surface area contributed by atoms with Crippen molar-refractivity contribution in [3.63, 3.8) is 0 Å². The van der Waals surface area contributed by atoms with E-state index in [1.54, 1.807) is 0 Å². The summed E-state index contributed by atoms with van der Waals surface area (Å²) in [5.74, 6) is 1.71. The van der Waals surface area contributed by atoms with E-state index < -0.39 is 0 Å². The van der Waals surface area contributed by atoms with Crippen LogP contribution in [-0.2, 0) is 32.7 Å². The van der Waals surface area contributed by atoms with Crippen LogP contribution in [0.25, 0.3) is 0 Å². The van der Waals surface area contributed by atoms with Gasteiger partial charge in [-0.2, -0.15) is 6.16 Å². The maximum Gasteiger partial charge on any atom is 0 e. The molecule has 19 heavy (non-hydrogen) atoms. The smallest absolute Gasteiger partial charge is 0 e. The van der Waals surface area contributed by atoms with Crippen molar-refractivity contribution in [3.05, 3.63) is 6.92 Å². The predicted molar refractivity (Wildman–Crippen MR) is 103 cm³/mol. The van der Waals surface area contributed by atoms with Gasteiger partial charge in [0.2, 0.25) is 0 Å². The van der Waals surface area contributed by atoms with Crippen molar-refractivity contribution in [2.24, 2.45) is 11.8 Å². The Kier molecular flexibility index (Phi) is 49.7. The third kappa shape index (κ3) is 63.9. The SMILES string of the molecule is C.CC(C)C.CCC.[CH2-]CPP(P)CCC(C)C.[Y]. The van der Waals surface area contributed by atoms with Gasteiger partial charge in [-0.3, -0.25) is 0 Å². The van der Waals surface area contributed by atoms with Gasteiger partial charge >= 0.3 is 0 Å². The standard InChI is InChI=1S/C7H18P3.C4H10.C3H8.CH4.Y/c1-4-9-10(8)6-5-7(2)3;1-4(2)3;1-3-2;;/h7,9H,1,4-6,8H2,2-3H3;4H,1-3H3;3H2,1-2H3;1H4;/q-1;;;;. The number of hydrogen-bond acceptors (Lipinski definition) is 0. The molecule has 0 aliphatic heterocycles. The van der Waals surface area contributed by atoms with E-state index in [2.05, 4.69) is 64.3 Å². The molecule has 0 saturated heterocycles. The van der Waals surface area contributed by atoms with E-state index in [9.17, 15) is 0 Å². The molecule has 3 atom stereocenters. The Morgan fingerprint density at radius 1 is 1.11 bits per heavy atom. The fraction of sp³-hybridized carbons (Fsp3) is 0.933. The number of hydrogen-bond donors (Lipinski definition) is 0. The molecule has 0 bridgehead atoms. The molecule has 0 aromatic carbocycles. The molecule has 0 saturated carbocycles. The van der Waals surface area contributed by atoms with Crippen molar-refractivity contribution >= 4 is 24.5 Å². The van der Waals surface area contributed by atoms with Crippen LogP contribution in [0.15, 0.2) is 0 Å². The Balaban J connectivity index is -0.0000000618. The normalized spacial score (nSPS) is 10.9. The second kappa shape index (κ2) is 28.5. The summed E-state index contributed by atoms with van der Waals surface area (Å²) in [5.41, 5.74) is 0. The van der Waals surface area contributed by atoms with Crippen molar-refractivity contribution in [1.29, 1.82) is 0 Å². The molecule has 3 unspecified atom stereocenters. The molecule has 0 spiro atoms. The van der Waals surface area contributed by atoms with Crippen molar-refractivity contribution < 1.29 is 32.7 Å². The van der Waals surface area contributed by atoms with Crippen LogP contribution in [0.1, 0.15) is 68.7 Å². The van der Waals surface area contributed by atoms with Gasteiger partial charge in [0.1, 0.15) is 0 Å². The molecule has 0 heterocycles. The van der Waals surface area contributed by atoms with Gasteiger partial charge in [0, 0.05) is 32.7 Å². The number of rotatable bonds is 5. The minimum atomic E-state index is 0. The van der Waals surface area contributed by atoms with Gasteiger partial charge < -0.3 is 6.92 Å². The molecule has 1 radical (unpaired) electrons. The fourth-order valence-corrected chi connectivity index (χ4v) is 5.19. The van der Waals surface area contributed by atoms with Gasteiger partial charge in [-0.15, -0.1) is 17.2 Å². The first kappa shape index (κ1) is 33.1. The summed E-state index contributed by atoms with van der Waals surface area (Å²) in [7, 11) is 4.36. The Bertz CT molecular complexity index is 117. The van der Waals surface area contributed by atoms with Crippen LogP contribution >= 0.6 is 24.5 Å². The molecule has 0 amide bonds. The Morgan fingerprint density at radius 2 is 1.42 bits per heavy atom. The molecule has 0 aromatic rings. The van der Waals surface area contributed by atoms with Crippen molar-refractivity contribution in [2.45, 2.75) is 68.7 Å². The van der Waals surface area contributed by atoms with Gasteiger partial charge in [0.05, 0.1) is 0 Å². The molecular weight excluding hydrogens is 362 g/mol. The molecule has 0 rings (SSSR count). The zero-order valence-electron chi connectivity index (χ0n) is 13.8. The average molecular weight is 402 g/mol. The van der Waals surface area contributed by atoms with Crippen LogP contribution in [0.2, 0.25) is 0 Å². The van der Waals surface area contributed by atoms with E-state index in [-0.39, 0.29) is 47.4 Å². The predicted octanol–water partition coefficient (Wildman–Crippen LogP) is 7.44. The van der Waals surface area contributed by atoms with Crippen LogP contribution in [0.5, 0.6) is 0 Å². The van der Waals surface area contributed by atoms with Gasteiger partial charge in [0.15, 0.2) is 0 Å². The summed E-state index contributed by atoms with van der Waals surface area (Å²) in [5, 5.41) is 0. The summed E-state index contributed by atoms with van der Waals surface area (Å²) < 4.78 is 0. The molecule has 0 nitrogen and oxygen atoms in total.